The maximum Gasteiger partial charge on any atom is 0.186 e. The summed E-state index contributed by atoms with van der Waals surface area (Å²) in [6.07, 6.45) is 3.67. The molecule has 1 unspecified atom stereocenters. The normalized spacial score (nSPS) is 19.2. The second kappa shape index (κ2) is 12.4. The van der Waals surface area contributed by atoms with E-state index in [1.54, 1.807) is 13.2 Å². The molecule has 3 N–H and O–H groups in total. The zero-order valence-corrected chi connectivity index (χ0v) is 22.7. The first-order valence-corrected chi connectivity index (χ1v) is 12.9. The molecule has 1 aliphatic rings. The Hall–Kier alpha value is -1.90. The van der Waals surface area contributed by atoms with Gasteiger partial charge < -0.3 is 24.6 Å². The van der Waals surface area contributed by atoms with E-state index in [0.29, 0.717) is 35.0 Å². The molecule has 0 saturated heterocycles. The standard InChI is InChI=1S/C27H41ClN4O3/c1-7-32(21-10-8-20(9-11-21)31(4)5)25-14-19(28)13-22(18(25)3)27(34)29-15-23-24(16-35-6)30-17(2)12-26(23)33/h12-14,20-21,27,29,34H,7-11,15-16H2,1-6H3,(H,30,33). The van der Waals surface area contributed by atoms with Gasteiger partial charge in [-0.3, -0.25) is 10.1 Å². The topological polar surface area (TPSA) is 80.8 Å². The molecule has 0 spiro atoms. The minimum atomic E-state index is -0.966. The molecule has 0 bridgehead atoms. The summed E-state index contributed by atoms with van der Waals surface area (Å²) in [5, 5.41) is 14.8. The van der Waals surface area contributed by atoms with E-state index in [4.69, 9.17) is 16.3 Å². The van der Waals surface area contributed by atoms with Crippen molar-refractivity contribution in [2.24, 2.45) is 0 Å². The number of anilines is 1. The van der Waals surface area contributed by atoms with Gasteiger partial charge in [-0.2, -0.15) is 0 Å². The zero-order chi connectivity index (χ0) is 25.7. The lowest BCUT2D eigenvalue weighted by Gasteiger charge is -2.40. The number of aliphatic hydroxyl groups excluding tert-OH is 1. The smallest absolute Gasteiger partial charge is 0.186 e. The lowest BCUT2D eigenvalue weighted by Crippen LogP contribution is -2.42. The number of hydrogen-bond acceptors (Lipinski definition) is 6. The van der Waals surface area contributed by atoms with Crippen LogP contribution in [0.25, 0.3) is 0 Å². The van der Waals surface area contributed by atoms with Crippen LogP contribution in [-0.2, 0) is 17.9 Å². The van der Waals surface area contributed by atoms with Crippen LogP contribution < -0.4 is 15.6 Å². The Balaban J connectivity index is 1.81. The highest BCUT2D eigenvalue weighted by Crippen LogP contribution is 2.35. The van der Waals surface area contributed by atoms with Crippen molar-refractivity contribution in [2.75, 3.05) is 32.6 Å². The summed E-state index contributed by atoms with van der Waals surface area (Å²) in [7, 11) is 5.91. The van der Waals surface area contributed by atoms with Crippen molar-refractivity contribution in [3.8, 4) is 0 Å². The lowest BCUT2D eigenvalue weighted by atomic mass is 9.88. The largest absolute Gasteiger partial charge is 0.378 e. The molecule has 1 fully saturated rings. The van der Waals surface area contributed by atoms with Crippen LogP contribution in [-0.4, -0.2) is 54.8 Å². The molecule has 2 aromatic rings. The van der Waals surface area contributed by atoms with Crippen molar-refractivity contribution in [3.63, 3.8) is 0 Å². The fraction of sp³-hybridized carbons (Fsp3) is 0.593. The Morgan fingerprint density at radius 2 is 1.83 bits per heavy atom. The van der Waals surface area contributed by atoms with Gasteiger partial charge in [-0.1, -0.05) is 11.6 Å². The van der Waals surface area contributed by atoms with Crippen LogP contribution in [0.3, 0.4) is 0 Å². The van der Waals surface area contributed by atoms with Gasteiger partial charge in [0.2, 0.25) is 0 Å². The number of halogens is 1. The second-order valence-electron chi connectivity index (χ2n) is 9.84. The predicted octanol–water partition coefficient (Wildman–Crippen LogP) is 4.27. The summed E-state index contributed by atoms with van der Waals surface area (Å²) in [5.74, 6) is 0. The molecule has 1 aromatic heterocycles. The quantitative estimate of drug-likeness (QED) is 0.419. The molecule has 1 aromatic carbocycles. The van der Waals surface area contributed by atoms with Crippen LogP contribution in [0.1, 0.15) is 66.9 Å². The molecule has 1 saturated carbocycles. The van der Waals surface area contributed by atoms with E-state index in [9.17, 15) is 9.90 Å². The monoisotopic (exact) mass is 504 g/mol. The fourth-order valence-corrected chi connectivity index (χ4v) is 5.55. The van der Waals surface area contributed by atoms with Gasteiger partial charge in [-0.15, -0.1) is 0 Å². The highest BCUT2D eigenvalue weighted by molar-refractivity contribution is 6.31. The van der Waals surface area contributed by atoms with E-state index in [1.165, 1.54) is 12.8 Å². The first kappa shape index (κ1) is 27.7. The Morgan fingerprint density at radius 3 is 2.43 bits per heavy atom. The third-order valence-electron chi connectivity index (χ3n) is 7.29. The van der Waals surface area contributed by atoms with Gasteiger partial charge in [0.25, 0.3) is 0 Å². The zero-order valence-electron chi connectivity index (χ0n) is 21.9. The SMILES string of the molecule is CCN(c1cc(Cl)cc(C(O)NCc2c(COC)[nH]c(C)cc2=O)c1C)C1CCC(N(C)C)CC1. The second-order valence-corrected chi connectivity index (χ2v) is 10.3. The van der Waals surface area contributed by atoms with E-state index in [-0.39, 0.29) is 12.0 Å². The van der Waals surface area contributed by atoms with Crippen molar-refractivity contribution in [1.29, 1.82) is 0 Å². The Bertz CT molecular complexity index is 1050. The number of nitrogens with one attached hydrogen (secondary N) is 2. The van der Waals surface area contributed by atoms with Gasteiger partial charge in [0.05, 0.1) is 6.61 Å². The van der Waals surface area contributed by atoms with Crippen molar-refractivity contribution in [3.05, 3.63) is 61.5 Å². The van der Waals surface area contributed by atoms with E-state index >= 15 is 0 Å². The Labute approximate surface area is 214 Å². The number of H-pyrrole nitrogens is 1. The van der Waals surface area contributed by atoms with Crippen LogP contribution in [0.15, 0.2) is 23.0 Å². The number of pyridine rings is 1. The molecular weight excluding hydrogens is 464 g/mol. The first-order valence-electron chi connectivity index (χ1n) is 12.5. The third-order valence-corrected chi connectivity index (χ3v) is 7.50. The Morgan fingerprint density at radius 1 is 1.17 bits per heavy atom. The van der Waals surface area contributed by atoms with E-state index < -0.39 is 6.23 Å². The summed E-state index contributed by atoms with van der Waals surface area (Å²) < 4.78 is 5.25. The molecule has 0 radical (unpaired) electrons. The highest BCUT2D eigenvalue weighted by Gasteiger charge is 2.28. The molecule has 35 heavy (non-hydrogen) atoms. The summed E-state index contributed by atoms with van der Waals surface area (Å²) in [6.45, 7) is 7.44. The van der Waals surface area contributed by atoms with Gasteiger partial charge in [-0.05, 0) is 78.2 Å². The molecule has 3 rings (SSSR count). The molecule has 1 aliphatic carbocycles. The summed E-state index contributed by atoms with van der Waals surface area (Å²) in [6, 6.07) is 6.48. The number of ether oxygens (including phenoxy) is 1. The number of benzene rings is 1. The average molecular weight is 505 g/mol. The average Bonchev–Trinajstić information content (AvgIpc) is 2.81. The lowest BCUT2D eigenvalue weighted by molar-refractivity contribution is 0.135. The van der Waals surface area contributed by atoms with E-state index in [0.717, 1.165) is 41.9 Å². The van der Waals surface area contributed by atoms with Crippen molar-refractivity contribution in [1.82, 2.24) is 15.2 Å². The minimum absolute atomic E-state index is 0.0815. The third kappa shape index (κ3) is 6.66. The first-order chi connectivity index (χ1) is 16.7. The molecule has 0 amide bonds. The van der Waals surface area contributed by atoms with Gasteiger partial charge >= 0.3 is 0 Å². The van der Waals surface area contributed by atoms with E-state index in [1.807, 2.05) is 26.0 Å². The summed E-state index contributed by atoms with van der Waals surface area (Å²) in [5.41, 5.74) is 4.77. The molecule has 0 aliphatic heterocycles. The highest BCUT2D eigenvalue weighted by atomic mass is 35.5. The number of aromatic amines is 1. The number of hydrogen-bond donors (Lipinski definition) is 3. The fourth-order valence-electron chi connectivity index (χ4n) is 5.33. The maximum atomic E-state index is 12.6. The Kier molecular flexibility index (Phi) is 9.78. The number of aryl methyl sites for hydroxylation is 1. The van der Waals surface area contributed by atoms with Crippen LogP contribution in [0.2, 0.25) is 5.02 Å². The molecule has 194 valence electrons. The van der Waals surface area contributed by atoms with Crippen LogP contribution in [0.4, 0.5) is 5.69 Å². The molecule has 7 nitrogen and oxygen atoms in total. The van der Waals surface area contributed by atoms with Gasteiger partial charge in [0.15, 0.2) is 5.43 Å². The van der Waals surface area contributed by atoms with Crippen LogP contribution >= 0.6 is 11.6 Å². The minimum Gasteiger partial charge on any atom is -0.378 e. The summed E-state index contributed by atoms with van der Waals surface area (Å²) >= 11 is 6.55. The number of aliphatic hydroxyl groups is 1. The predicted molar refractivity (Wildman–Crippen MR) is 143 cm³/mol. The van der Waals surface area contributed by atoms with Crippen molar-refractivity contribution < 1.29 is 9.84 Å². The van der Waals surface area contributed by atoms with E-state index in [2.05, 4.69) is 41.1 Å². The maximum absolute atomic E-state index is 12.6. The van der Waals surface area contributed by atoms with Gasteiger partial charge in [0.1, 0.15) is 6.23 Å². The number of rotatable bonds is 10. The van der Waals surface area contributed by atoms with Crippen molar-refractivity contribution >= 4 is 17.3 Å². The van der Waals surface area contributed by atoms with Gasteiger partial charge in [-0.25, -0.2) is 0 Å². The van der Waals surface area contributed by atoms with Crippen molar-refractivity contribution in [2.45, 2.75) is 77.9 Å². The molecular formula is C27H41ClN4O3. The number of aromatic nitrogens is 1. The van der Waals surface area contributed by atoms with Crippen LogP contribution in [0, 0.1) is 13.8 Å². The molecule has 1 atom stereocenters. The molecule has 1 heterocycles. The van der Waals surface area contributed by atoms with Crippen LogP contribution in [0.5, 0.6) is 0 Å². The number of methoxy groups -OCH3 is 1. The van der Waals surface area contributed by atoms with Gasteiger partial charge in [0, 0.05) is 71.6 Å². The number of nitrogens with zero attached hydrogens (tertiary/aromatic N) is 2. The molecule has 8 heteroatoms. The summed E-state index contributed by atoms with van der Waals surface area (Å²) in [4.78, 5) is 20.6.